The third-order valence-corrected chi connectivity index (χ3v) is 3.51. The average molecular weight is 310 g/mol. The lowest BCUT2D eigenvalue weighted by molar-refractivity contribution is 0.0944. The van der Waals surface area contributed by atoms with Crippen LogP contribution in [0.1, 0.15) is 40.9 Å². The normalized spacial score (nSPS) is 14.2. The zero-order valence-corrected chi connectivity index (χ0v) is 11.7. The minimum Gasteiger partial charge on any atom is -0.345 e. The Bertz CT molecular complexity index is 740. The van der Waals surface area contributed by atoms with Gasteiger partial charge in [-0.25, -0.2) is 13.2 Å². The van der Waals surface area contributed by atoms with E-state index in [4.69, 9.17) is 0 Å². The molecule has 1 aliphatic carbocycles. The molecule has 116 valence electrons. The number of hydrogen-bond donors (Lipinski definition) is 1. The van der Waals surface area contributed by atoms with Crippen LogP contribution in [0.3, 0.4) is 0 Å². The molecule has 0 spiro atoms. The number of aromatic nitrogens is 3. The first-order chi connectivity index (χ1) is 10.5. The molecule has 8 heteroatoms. The number of rotatable bonds is 4. The minimum absolute atomic E-state index is 0.0363. The van der Waals surface area contributed by atoms with Crippen molar-refractivity contribution in [2.45, 2.75) is 32.4 Å². The van der Waals surface area contributed by atoms with Gasteiger partial charge >= 0.3 is 0 Å². The summed E-state index contributed by atoms with van der Waals surface area (Å²) >= 11 is 0. The van der Waals surface area contributed by atoms with Crippen molar-refractivity contribution in [1.29, 1.82) is 0 Å². The zero-order chi connectivity index (χ0) is 15.9. The van der Waals surface area contributed by atoms with Crippen LogP contribution in [-0.4, -0.2) is 20.7 Å². The van der Waals surface area contributed by atoms with E-state index in [-0.39, 0.29) is 6.54 Å². The third-order valence-electron chi connectivity index (χ3n) is 3.51. The second-order valence-corrected chi connectivity index (χ2v) is 5.19. The lowest BCUT2D eigenvalue weighted by Crippen LogP contribution is -2.26. The number of nitrogens with one attached hydrogen (secondary N) is 1. The predicted molar refractivity (Wildman–Crippen MR) is 70.5 cm³/mol. The summed E-state index contributed by atoms with van der Waals surface area (Å²) in [6.45, 7) is 1.85. The molecule has 1 saturated carbocycles. The van der Waals surface area contributed by atoms with Gasteiger partial charge in [-0.1, -0.05) is 0 Å². The van der Waals surface area contributed by atoms with Gasteiger partial charge in [-0.15, -0.1) is 10.2 Å². The Labute approximate surface area is 124 Å². The molecule has 5 nitrogen and oxygen atoms in total. The van der Waals surface area contributed by atoms with Crippen molar-refractivity contribution in [2.75, 3.05) is 0 Å². The van der Waals surface area contributed by atoms with Gasteiger partial charge in [-0.05, 0) is 25.8 Å². The van der Waals surface area contributed by atoms with Crippen molar-refractivity contribution in [3.05, 3.63) is 46.8 Å². The highest BCUT2D eigenvalue weighted by Crippen LogP contribution is 2.36. The Morgan fingerprint density at radius 3 is 2.59 bits per heavy atom. The molecule has 3 rings (SSSR count). The van der Waals surface area contributed by atoms with Crippen LogP contribution < -0.4 is 5.32 Å². The summed E-state index contributed by atoms with van der Waals surface area (Å²) in [6, 6.07) is 1.22. The molecule has 0 aliphatic heterocycles. The van der Waals surface area contributed by atoms with Crippen molar-refractivity contribution in [1.82, 2.24) is 20.1 Å². The van der Waals surface area contributed by atoms with Gasteiger partial charge in [0.25, 0.3) is 5.91 Å². The summed E-state index contributed by atoms with van der Waals surface area (Å²) < 4.78 is 41.4. The van der Waals surface area contributed by atoms with Crippen LogP contribution >= 0.6 is 0 Å². The maximum atomic E-state index is 13.5. The van der Waals surface area contributed by atoms with Crippen LogP contribution in [0.2, 0.25) is 0 Å². The highest BCUT2D eigenvalue weighted by molar-refractivity contribution is 5.94. The molecular formula is C14H13F3N4O. The standard InChI is InChI=1S/C14H13F3N4O/c1-7-19-20-13(21(7)8-2-3-8)6-18-14(22)9-4-11(16)12(17)5-10(9)15/h4-5,8H,2-3,6H2,1H3,(H,18,22). The Morgan fingerprint density at radius 2 is 1.91 bits per heavy atom. The van der Waals surface area contributed by atoms with Crippen LogP contribution in [0.5, 0.6) is 0 Å². The van der Waals surface area contributed by atoms with Crippen LogP contribution in [0, 0.1) is 24.4 Å². The summed E-state index contributed by atoms with van der Waals surface area (Å²) in [7, 11) is 0. The monoisotopic (exact) mass is 310 g/mol. The summed E-state index contributed by atoms with van der Waals surface area (Å²) in [6.07, 6.45) is 2.05. The zero-order valence-electron chi connectivity index (χ0n) is 11.7. The lowest BCUT2D eigenvalue weighted by atomic mass is 10.2. The van der Waals surface area contributed by atoms with E-state index in [2.05, 4.69) is 15.5 Å². The number of amides is 1. The smallest absolute Gasteiger partial charge is 0.254 e. The van der Waals surface area contributed by atoms with E-state index in [0.717, 1.165) is 18.7 Å². The topological polar surface area (TPSA) is 59.8 Å². The molecule has 1 aromatic carbocycles. The molecule has 0 bridgehead atoms. The van der Waals surface area contributed by atoms with Crippen LogP contribution in [-0.2, 0) is 6.54 Å². The fourth-order valence-electron chi connectivity index (χ4n) is 2.29. The Balaban J connectivity index is 1.74. The molecule has 1 amide bonds. The van der Waals surface area contributed by atoms with E-state index in [1.807, 2.05) is 11.5 Å². The Kier molecular flexibility index (Phi) is 3.59. The van der Waals surface area contributed by atoms with Gasteiger partial charge in [0.05, 0.1) is 12.1 Å². The number of aryl methyl sites for hydroxylation is 1. The number of carbonyl (C=O) groups is 1. The second-order valence-electron chi connectivity index (χ2n) is 5.19. The van der Waals surface area contributed by atoms with Gasteiger partial charge in [0.2, 0.25) is 0 Å². The third kappa shape index (κ3) is 2.68. The summed E-state index contributed by atoms with van der Waals surface area (Å²) in [5, 5.41) is 10.4. The molecule has 0 radical (unpaired) electrons. The van der Waals surface area contributed by atoms with E-state index in [0.29, 0.717) is 24.0 Å². The fourth-order valence-corrected chi connectivity index (χ4v) is 2.29. The van der Waals surface area contributed by atoms with Gasteiger partial charge in [0.1, 0.15) is 11.6 Å². The summed E-state index contributed by atoms with van der Waals surface area (Å²) in [4.78, 5) is 11.9. The van der Waals surface area contributed by atoms with Crippen molar-refractivity contribution in [2.24, 2.45) is 0 Å². The SMILES string of the molecule is Cc1nnc(CNC(=O)c2cc(F)c(F)cc2F)n1C1CC1. The molecule has 2 aromatic rings. The van der Waals surface area contributed by atoms with Crippen LogP contribution in [0.4, 0.5) is 13.2 Å². The second kappa shape index (κ2) is 5.43. The average Bonchev–Trinajstić information content (AvgIpc) is 3.24. The van der Waals surface area contributed by atoms with E-state index in [1.165, 1.54) is 0 Å². The van der Waals surface area contributed by atoms with Gasteiger partial charge in [0, 0.05) is 12.1 Å². The highest BCUT2D eigenvalue weighted by atomic mass is 19.2. The highest BCUT2D eigenvalue weighted by Gasteiger charge is 2.28. The molecule has 0 atom stereocenters. The van der Waals surface area contributed by atoms with Crippen LogP contribution in [0.25, 0.3) is 0 Å². The van der Waals surface area contributed by atoms with Crippen LogP contribution in [0.15, 0.2) is 12.1 Å². The molecular weight excluding hydrogens is 297 g/mol. The maximum absolute atomic E-state index is 13.5. The number of halogens is 3. The quantitative estimate of drug-likeness (QED) is 0.881. The van der Waals surface area contributed by atoms with Gasteiger partial charge < -0.3 is 9.88 Å². The Morgan fingerprint density at radius 1 is 1.23 bits per heavy atom. The maximum Gasteiger partial charge on any atom is 0.254 e. The molecule has 1 aliphatic rings. The van der Waals surface area contributed by atoms with Gasteiger partial charge in [-0.3, -0.25) is 4.79 Å². The first kappa shape index (κ1) is 14.6. The summed E-state index contributed by atoms with van der Waals surface area (Å²) in [5.41, 5.74) is -0.548. The van der Waals surface area contributed by atoms with Gasteiger partial charge in [-0.2, -0.15) is 0 Å². The van der Waals surface area contributed by atoms with Crippen molar-refractivity contribution < 1.29 is 18.0 Å². The molecule has 1 aromatic heterocycles. The van der Waals surface area contributed by atoms with E-state index in [9.17, 15) is 18.0 Å². The molecule has 1 heterocycles. The van der Waals surface area contributed by atoms with E-state index >= 15 is 0 Å². The largest absolute Gasteiger partial charge is 0.345 e. The Hall–Kier alpha value is -2.38. The first-order valence-electron chi connectivity index (χ1n) is 6.80. The van der Waals surface area contributed by atoms with Crippen molar-refractivity contribution in [3.63, 3.8) is 0 Å². The lowest BCUT2D eigenvalue weighted by Gasteiger charge is -2.09. The molecule has 0 saturated heterocycles. The minimum atomic E-state index is -1.34. The van der Waals surface area contributed by atoms with E-state index in [1.54, 1.807) is 0 Å². The molecule has 1 fully saturated rings. The van der Waals surface area contributed by atoms with Crippen molar-refractivity contribution in [3.8, 4) is 0 Å². The number of benzene rings is 1. The fraction of sp³-hybridized carbons (Fsp3) is 0.357. The number of nitrogens with zero attached hydrogens (tertiary/aromatic N) is 3. The van der Waals surface area contributed by atoms with Crippen molar-refractivity contribution >= 4 is 5.91 Å². The first-order valence-corrected chi connectivity index (χ1v) is 6.80. The molecule has 0 unspecified atom stereocenters. The molecule has 1 N–H and O–H groups in total. The van der Waals surface area contributed by atoms with E-state index < -0.39 is 28.9 Å². The van der Waals surface area contributed by atoms with Gasteiger partial charge in [0.15, 0.2) is 17.5 Å². The summed E-state index contributed by atoms with van der Waals surface area (Å²) in [5.74, 6) is -3.26. The number of carbonyl (C=O) groups excluding carboxylic acids is 1. The number of hydrogen-bond acceptors (Lipinski definition) is 3. The molecule has 22 heavy (non-hydrogen) atoms. The predicted octanol–water partition coefficient (Wildman–Crippen LogP) is 2.27.